The van der Waals surface area contributed by atoms with Gasteiger partial charge in [0.1, 0.15) is 19.1 Å². The van der Waals surface area contributed by atoms with Crippen LogP contribution in [0.4, 0.5) is 5.69 Å². The average Bonchev–Trinajstić information content (AvgIpc) is 3.12. The maximum absolute atomic E-state index is 5.57. The molecule has 134 valence electrons. The molecular formula is C19H26N3OS2+. The van der Waals surface area contributed by atoms with Gasteiger partial charge in [0, 0.05) is 5.69 Å². The fourth-order valence-corrected chi connectivity index (χ4v) is 4.66. The number of morpholine rings is 1. The molecular weight excluding hydrogens is 350 g/mol. The molecule has 1 saturated heterocycles. The number of anilines is 1. The molecule has 1 fully saturated rings. The Morgan fingerprint density at radius 1 is 1.20 bits per heavy atom. The van der Waals surface area contributed by atoms with E-state index < -0.39 is 0 Å². The van der Waals surface area contributed by atoms with E-state index in [4.69, 9.17) is 17.0 Å². The van der Waals surface area contributed by atoms with Gasteiger partial charge in [-0.25, -0.2) is 0 Å². The number of thiocarbonyl (C=S) groups is 1. The van der Waals surface area contributed by atoms with Crippen LogP contribution in [0.2, 0.25) is 0 Å². The molecule has 1 aromatic heterocycles. The van der Waals surface area contributed by atoms with Gasteiger partial charge in [-0.05, 0) is 49.1 Å². The van der Waals surface area contributed by atoms with Crippen LogP contribution in [0.15, 0.2) is 41.8 Å². The molecule has 1 aliphatic heterocycles. The maximum Gasteiger partial charge on any atom is 0.171 e. The Morgan fingerprint density at radius 2 is 1.96 bits per heavy atom. The number of hydrogen-bond donors (Lipinski definition) is 3. The summed E-state index contributed by atoms with van der Waals surface area (Å²) < 4.78 is 5.54. The normalized spacial score (nSPS) is 17.7. The summed E-state index contributed by atoms with van der Waals surface area (Å²) in [4.78, 5) is 2.96. The SMILES string of the molecule is Cc1ccccc1NC(=S)N[C@H](C)[C@H](c1cccs1)[NH+]1CCOCC1. The first kappa shape index (κ1) is 18.3. The molecule has 4 nitrogen and oxygen atoms in total. The minimum atomic E-state index is 0.232. The Bertz CT molecular complexity index is 684. The first-order valence-corrected chi connectivity index (χ1v) is 10.0. The van der Waals surface area contributed by atoms with Crippen LogP contribution in [-0.2, 0) is 4.74 Å². The maximum atomic E-state index is 5.57. The Kier molecular flexibility index (Phi) is 6.42. The Balaban J connectivity index is 1.68. The van der Waals surface area contributed by atoms with E-state index in [0.29, 0.717) is 11.2 Å². The number of aryl methyl sites for hydroxylation is 1. The van der Waals surface area contributed by atoms with Crippen LogP contribution in [0, 0.1) is 6.92 Å². The van der Waals surface area contributed by atoms with Crippen molar-refractivity contribution in [2.45, 2.75) is 25.9 Å². The Hall–Kier alpha value is -1.47. The van der Waals surface area contributed by atoms with Gasteiger partial charge in [0.25, 0.3) is 0 Å². The summed E-state index contributed by atoms with van der Waals surface area (Å²) >= 11 is 7.39. The van der Waals surface area contributed by atoms with Gasteiger partial charge in [0.2, 0.25) is 0 Å². The summed E-state index contributed by atoms with van der Waals surface area (Å²) in [5.41, 5.74) is 2.24. The van der Waals surface area contributed by atoms with Crippen LogP contribution in [0.25, 0.3) is 0 Å². The van der Waals surface area contributed by atoms with Crippen LogP contribution in [0.3, 0.4) is 0 Å². The van der Waals surface area contributed by atoms with E-state index in [-0.39, 0.29) is 6.04 Å². The van der Waals surface area contributed by atoms with Gasteiger partial charge in [-0.2, -0.15) is 0 Å². The molecule has 3 rings (SSSR count). The van der Waals surface area contributed by atoms with Gasteiger partial charge in [-0.15, -0.1) is 11.3 Å². The third kappa shape index (κ3) is 4.79. The largest absolute Gasteiger partial charge is 0.370 e. The molecule has 1 aromatic carbocycles. The number of thiophene rings is 1. The zero-order valence-corrected chi connectivity index (χ0v) is 16.4. The first-order valence-electron chi connectivity index (χ1n) is 8.74. The Morgan fingerprint density at radius 3 is 2.64 bits per heavy atom. The lowest BCUT2D eigenvalue weighted by molar-refractivity contribution is -0.939. The molecule has 0 unspecified atom stereocenters. The third-order valence-electron chi connectivity index (χ3n) is 4.68. The number of quaternary nitrogens is 1. The highest BCUT2D eigenvalue weighted by molar-refractivity contribution is 7.80. The molecule has 0 spiro atoms. The summed E-state index contributed by atoms with van der Waals surface area (Å²) in [6, 6.07) is 13.2. The quantitative estimate of drug-likeness (QED) is 0.701. The van der Waals surface area contributed by atoms with E-state index in [2.05, 4.69) is 54.1 Å². The third-order valence-corrected chi connectivity index (χ3v) is 5.85. The number of nitrogens with one attached hydrogen (secondary N) is 3. The predicted molar refractivity (Wildman–Crippen MR) is 109 cm³/mol. The van der Waals surface area contributed by atoms with Crippen LogP contribution in [0.5, 0.6) is 0 Å². The number of rotatable bonds is 5. The zero-order chi connectivity index (χ0) is 17.6. The van der Waals surface area contributed by atoms with Gasteiger partial charge in [-0.3, -0.25) is 0 Å². The van der Waals surface area contributed by atoms with Crippen LogP contribution in [-0.4, -0.2) is 37.5 Å². The van der Waals surface area contributed by atoms with Gasteiger partial charge in [-0.1, -0.05) is 24.3 Å². The van der Waals surface area contributed by atoms with E-state index in [0.717, 1.165) is 32.0 Å². The highest BCUT2D eigenvalue weighted by atomic mass is 32.1. The minimum absolute atomic E-state index is 0.232. The molecule has 25 heavy (non-hydrogen) atoms. The topological polar surface area (TPSA) is 37.7 Å². The second-order valence-electron chi connectivity index (χ2n) is 6.47. The van der Waals surface area contributed by atoms with Crippen molar-refractivity contribution in [2.24, 2.45) is 0 Å². The van der Waals surface area contributed by atoms with Crippen LogP contribution in [0.1, 0.15) is 23.4 Å². The fourth-order valence-electron chi connectivity index (χ4n) is 3.38. The average molecular weight is 377 g/mol. The second-order valence-corrected chi connectivity index (χ2v) is 7.85. The number of benzene rings is 1. The number of ether oxygens (including phenoxy) is 1. The van der Waals surface area contributed by atoms with Crippen LogP contribution < -0.4 is 15.5 Å². The molecule has 2 heterocycles. The van der Waals surface area contributed by atoms with Crippen molar-refractivity contribution >= 4 is 34.4 Å². The van der Waals surface area contributed by atoms with Crippen molar-refractivity contribution in [3.05, 3.63) is 52.2 Å². The predicted octanol–water partition coefficient (Wildman–Crippen LogP) is 2.39. The molecule has 0 saturated carbocycles. The van der Waals surface area contributed by atoms with E-state index in [1.54, 1.807) is 4.90 Å². The molecule has 0 amide bonds. The van der Waals surface area contributed by atoms with E-state index in [1.165, 1.54) is 10.4 Å². The summed E-state index contributed by atoms with van der Waals surface area (Å²) in [7, 11) is 0. The van der Waals surface area contributed by atoms with Crippen LogP contribution >= 0.6 is 23.6 Å². The van der Waals surface area contributed by atoms with Gasteiger partial charge >= 0.3 is 0 Å². The Labute approximate surface area is 159 Å². The molecule has 6 heteroatoms. The van der Waals surface area contributed by atoms with Crippen molar-refractivity contribution < 1.29 is 9.64 Å². The van der Waals surface area contributed by atoms with Crippen molar-refractivity contribution in [2.75, 3.05) is 31.6 Å². The number of hydrogen-bond acceptors (Lipinski definition) is 3. The van der Waals surface area contributed by atoms with Gasteiger partial charge in [0.15, 0.2) is 5.11 Å². The van der Waals surface area contributed by atoms with E-state index in [9.17, 15) is 0 Å². The van der Waals surface area contributed by atoms with Crippen molar-refractivity contribution in [3.8, 4) is 0 Å². The standard InChI is InChI=1S/C19H25N3OS2/c1-14-6-3-4-7-16(14)21-19(24)20-15(2)18(17-8-5-13-25-17)22-9-11-23-12-10-22/h3-8,13,15,18H,9-12H2,1-2H3,(H2,20,21,24)/p+1/t15-,18-/m1/s1. The summed E-state index contributed by atoms with van der Waals surface area (Å²) in [6.45, 7) is 8.03. The number of para-hydroxylation sites is 1. The van der Waals surface area contributed by atoms with E-state index >= 15 is 0 Å². The van der Waals surface area contributed by atoms with Gasteiger partial charge < -0.3 is 20.3 Å². The smallest absolute Gasteiger partial charge is 0.171 e. The first-order chi connectivity index (χ1) is 12.1. The van der Waals surface area contributed by atoms with Crippen molar-refractivity contribution in [3.63, 3.8) is 0 Å². The molecule has 0 aliphatic carbocycles. The molecule has 2 aromatic rings. The lowest BCUT2D eigenvalue weighted by Gasteiger charge is -2.35. The monoisotopic (exact) mass is 376 g/mol. The molecule has 0 radical (unpaired) electrons. The summed E-state index contributed by atoms with van der Waals surface area (Å²) in [6.07, 6.45) is 0. The summed E-state index contributed by atoms with van der Waals surface area (Å²) in [5.74, 6) is 0. The van der Waals surface area contributed by atoms with Gasteiger partial charge in [0.05, 0.1) is 24.1 Å². The fraction of sp³-hybridized carbons (Fsp3) is 0.421. The minimum Gasteiger partial charge on any atom is -0.370 e. The zero-order valence-electron chi connectivity index (χ0n) is 14.7. The highest BCUT2D eigenvalue weighted by Crippen LogP contribution is 2.20. The molecule has 2 atom stereocenters. The molecule has 3 N–H and O–H groups in total. The van der Waals surface area contributed by atoms with E-state index in [1.807, 2.05) is 23.5 Å². The summed E-state index contributed by atoms with van der Waals surface area (Å²) in [5, 5.41) is 9.67. The molecule has 1 aliphatic rings. The lowest BCUT2D eigenvalue weighted by atomic mass is 10.1. The highest BCUT2D eigenvalue weighted by Gasteiger charge is 2.32. The second kappa shape index (κ2) is 8.76. The molecule has 0 bridgehead atoms. The lowest BCUT2D eigenvalue weighted by Crippen LogP contribution is -3.15. The van der Waals surface area contributed by atoms with Crippen molar-refractivity contribution in [1.29, 1.82) is 0 Å². The van der Waals surface area contributed by atoms with Crippen molar-refractivity contribution in [1.82, 2.24) is 5.32 Å².